The summed E-state index contributed by atoms with van der Waals surface area (Å²) >= 11 is 3.51. The molecule has 2 aromatic rings. The Labute approximate surface area is 128 Å². The normalized spacial score (nSPS) is 12.3. The summed E-state index contributed by atoms with van der Waals surface area (Å²) in [4.78, 5) is 0. The fourth-order valence-electron chi connectivity index (χ4n) is 2.46. The van der Waals surface area contributed by atoms with Crippen molar-refractivity contribution in [3.05, 3.63) is 69.9 Å². The molecule has 0 aliphatic carbocycles. The van der Waals surface area contributed by atoms with E-state index in [1.165, 1.54) is 23.3 Å². The lowest BCUT2D eigenvalue weighted by Gasteiger charge is -2.17. The third-order valence-electron chi connectivity index (χ3n) is 3.34. The first-order valence-electron chi connectivity index (χ1n) is 6.81. The molecule has 0 spiro atoms. The van der Waals surface area contributed by atoms with E-state index in [-0.39, 0.29) is 5.82 Å². The highest BCUT2D eigenvalue weighted by atomic mass is 79.9. The number of rotatable bonds is 6. The molecule has 2 aromatic carbocycles. The predicted octanol–water partition coefficient (Wildman–Crippen LogP) is 4.21. The molecule has 0 radical (unpaired) electrons. The second-order valence-electron chi connectivity index (χ2n) is 5.09. The molecule has 0 saturated carbocycles. The van der Waals surface area contributed by atoms with Crippen molar-refractivity contribution in [3.63, 3.8) is 0 Å². The van der Waals surface area contributed by atoms with Crippen molar-refractivity contribution in [2.75, 3.05) is 13.6 Å². The van der Waals surface area contributed by atoms with Crippen LogP contribution in [0.4, 0.5) is 4.39 Å². The second-order valence-corrected chi connectivity index (χ2v) is 6.00. The van der Waals surface area contributed by atoms with Gasteiger partial charge in [-0.3, -0.25) is 0 Å². The minimum Gasteiger partial charge on any atom is -0.319 e. The van der Waals surface area contributed by atoms with Gasteiger partial charge in [-0.25, -0.2) is 4.39 Å². The van der Waals surface area contributed by atoms with E-state index in [9.17, 15) is 4.39 Å². The van der Waals surface area contributed by atoms with Crippen LogP contribution in [0.15, 0.2) is 53.0 Å². The maximum Gasteiger partial charge on any atom is 0.123 e. The molecule has 1 unspecified atom stereocenters. The molecule has 0 bridgehead atoms. The van der Waals surface area contributed by atoms with Gasteiger partial charge in [0.15, 0.2) is 0 Å². The summed E-state index contributed by atoms with van der Waals surface area (Å²) in [6, 6.07) is 15.2. The molecule has 0 aliphatic heterocycles. The Balaban J connectivity index is 2.05. The van der Waals surface area contributed by atoms with E-state index < -0.39 is 0 Å². The van der Waals surface area contributed by atoms with Gasteiger partial charge < -0.3 is 5.32 Å². The summed E-state index contributed by atoms with van der Waals surface area (Å²) in [7, 11) is 1.97. The molecule has 20 heavy (non-hydrogen) atoms. The first-order chi connectivity index (χ1) is 9.67. The fourth-order valence-corrected chi connectivity index (χ4v) is 2.90. The third-order valence-corrected chi connectivity index (χ3v) is 3.84. The highest BCUT2D eigenvalue weighted by Crippen LogP contribution is 2.18. The van der Waals surface area contributed by atoms with Crippen molar-refractivity contribution in [1.29, 1.82) is 0 Å². The first-order valence-corrected chi connectivity index (χ1v) is 7.60. The van der Waals surface area contributed by atoms with E-state index >= 15 is 0 Å². The summed E-state index contributed by atoms with van der Waals surface area (Å²) < 4.78 is 14.1. The highest BCUT2D eigenvalue weighted by Gasteiger charge is 2.10. The van der Waals surface area contributed by atoms with Crippen molar-refractivity contribution in [3.8, 4) is 0 Å². The molecule has 0 amide bonds. The van der Waals surface area contributed by atoms with Crippen molar-refractivity contribution >= 4 is 15.9 Å². The lowest BCUT2D eigenvalue weighted by Crippen LogP contribution is -2.22. The number of halogens is 2. The highest BCUT2D eigenvalue weighted by molar-refractivity contribution is 9.10. The maximum absolute atomic E-state index is 12.9. The Hall–Kier alpha value is -1.19. The predicted molar refractivity (Wildman–Crippen MR) is 85.4 cm³/mol. The van der Waals surface area contributed by atoms with Crippen LogP contribution < -0.4 is 5.32 Å². The lowest BCUT2D eigenvalue weighted by atomic mass is 9.92. The van der Waals surface area contributed by atoms with Crippen LogP contribution in [-0.2, 0) is 12.8 Å². The number of benzene rings is 2. The van der Waals surface area contributed by atoms with Gasteiger partial charge in [0, 0.05) is 4.47 Å². The topological polar surface area (TPSA) is 12.0 Å². The Kier molecular flexibility index (Phi) is 5.74. The Morgan fingerprint density at radius 2 is 1.75 bits per heavy atom. The quantitative estimate of drug-likeness (QED) is 0.833. The van der Waals surface area contributed by atoms with Crippen LogP contribution in [0, 0.1) is 11.7 Å². The van der Waals surface area contributed by atoms with Gasteiger partial charge in [0.05, 0.1) is 0 Å². The molecule has 0 aromatic heterocycles. The van der Waals surface area contributed by atoms with Crippen LogP contribution in [0.2, 0.25) is 0 Å². The first kappa shape index (κ1) is 15.2. The van der Waals surface area contributed by atoms with E-state index in [0.717, 1.165) is 23.9 Å². The molecule has 106 valence electrons. The number of hydrogen-bond donors (Lipinski definition) is 1. The second kappa shape index (κ2) is 7.55. The van der Waals surface area contributed by atoms with E-state index in [2.05, 4.69) is 39.4 Å². The van der Waals surface area contributed by atoms with Gasteiger partial charge in [-0.1, -0.05) is 40.2 Å². The average Bonchev–Trinajstić information content (AvgIpc) is 2.42. The van der Waals surface area contributed by atoms with Crippen LogP contribution in [-0.4, -0.2) is 13.6 Å². The summed E-state index contributed by atoms with van der Waals surface area (Å²) in [5.41, 5.74) is 2.50. The Bertz CT molecular complexity index is 539. The molecule has 0 saturated heterocycles. The van der Waals surface area contributed by atoms with Crippen molar-refractivity contribution in [2.45, 2.75) is 12.8 Å². The van der Waals surface area contributed by atoms with E-state index in [0.29, 0.717) is 5.92 Å². The SMILES string of the molecule is CNCC(Cc1ccc(F)cc1)Cc1cccc(Br)c1. The zero-order valence-electron chi connectivity index (χ0n) is 11.6. The van der Waals surface area contributed by atoms with Gasteiger partial charge in [0.2, 0.25) is 0 Å². The number of hydrogen-bond acceptors (Lipinski definition) is 1. The molecule has 0 fully saturated rings. The summed E-state index contributed by atoms with van der Waals surface area (Å²) in [6.07, 6.45) is 1.96. The monoisotopic (exact) mass is 335 g/mol. The Morgan fingerprint density at radius 3 is 2.40 bits per heavy atom. The smallest absolute Gasteiger partial charge is 0.123 e. The largest absolute Gasteiger partial charge is 0.319 e. The van der Waals surface area contributed by atoms with Crippen LogP contribution in [0.1, 0.15) is 11.1 Å². The van der Waals surface area contributed by atoms with Crippen molar-refractivity contribution in [2.24, 2.45) is 5.92 Å². The summed E-state index contributed by atoms with van der Waals surface area (Å²) in [5, 5.41) is 3.25. The molecule has 1 N–H and O–H groups in total. The van der Waals surface area contributed by atoms with Crippen LogP contribution in [0.3, 0.4) is 0 Å². The van der Waals surface area contributed by atoms with E-state index in [1.54, 1.807) is 0 Å². The molecular weight excluding hydrogens is 317 g/mol. The number of nitrogens with one attached hydrogen (secondary N) is 1. The van der Waals surface area contributed by atoms with Crippen LogP contribution in [0.25, 0.3) is 0 Å². The summed E-state index contributed by atoms with van der Waals surface area (Å²) in [6.45, 7) is 0.948. The molecule has 3 heteroatoms. The third kappa shape index (κ3) is 4.73. The van der Waals surface area contributed by atoms with Gasteiger partial charge in [-0.05, 0) is 67.7 Å². The average molecular weight is 336 g/mol. The van der Waals surface area contributed by atoms with E-state index in [1.807, 2.05) is 25.2 Å². The van der Waals surface area contributed by atoms with Crippen LogP contribution >= 0.6 is 15.9 Å². The van der Waals surface area contributed by atoms with Crippen LogP contribution in [0.5, 0.6) is 0 Å². The van der Waals surface area contributed by atoms with Gasteiger partial charge in [0.25, 0.3) is 0 Å². The van der Waals surface area contributed by atoms with Gasteiger partial charge >= 0.3 is 0 Å². The van der Waals surface area contributed by atoms with Crippen molar-refractivity contribution in [1.82, 2.24) is 5.32 Å². The minimum absolute atomic E-state index is 0.175. The fraction of sp³-hybridized carbons (Fsp3) is 0.294. The standard InChI is InChI=1S/C17H19BrFN/c1-20-12-15(9-13-5-7-17(19)8-6-13)10-14-3-2-4-16(18)11-14/h2-8,11,15,20H,9-10,12H2,1H3. The zero-order chi connectivity index (χ0) is 14.4. The lowest BCUT2D eigenvalue weighted by molar-refractivity contribution is 0.492. The van der Waals surface area contributed by atoms with E-state index in [4.69, 9.17) is 0 Å². The molecular formula is C17H19BrFN. The molecule has 1 nitrogen and oxygen atoms in total. The zero-order valence-corrected chi connectivity index (χ0v) is 13.2. The van der Waals surface area contributed by atoms with Gasteiger partial charge in [-0.2, -0.15) is 0 Å². The molecule has 0 aliphatic rings. The van der Waals surface area contributed by atoms with Gasteiger partial charge in [0.1, 0.15) is 5.82 Å². The molecule has 1 atom stereocenters. The molecule has 2 rings (SSSR count). The maximum atomic E-state index is 12.9. The summed E-state index contributed by atoms with van der Waals surface area (Å²) in [5.74, 6) is 0.325. The molecule has 0 heterocycles. The minimum atomic E-state index is -0.175. The van der Waals surface area contributed by atoms with Gasteiger partial charge in [-0.15, -0.1) is 0 Å². The Morgan fingerprint density at radius 1 is 1.05 bits per heavy atom. The van der Waals surface area contributed by atoms with Crippen molar-refractivity contribution < 1.29 is 4.39 Å².